The van der Waals surface area contributed by atoms with E-state index in [-0.39, 0.29) is 30.9 Å². The quantitative estimate of drug-likeness (QED) is 0.791. The van der Waals surface area contributed by atoms with E-state index < -0.39 is 0 Å². The van der Waals surface area contributed by atoms with Crippen LogP contribution in [0.2, 0.25) is 0 Å². The second-order valence-corrected chi connectivity index (χ2v) is 5.96. The largest absolute Gasteiger partial charge is 0.497 e. The fourth-order valence-electron chi connectivity index (χ4n) is 2.11. The van der Waals surface area contributed by atoms with Crippen molar-refractivity contribution >= 4 is 23.2 Å². The Balaban J connectivity index is 1.92. The van der Waals surface area contributed by atoms with Crippen LogP contribution in [0.15, 0.2) is 41.8 Å². The Labute approximate surface area is 139 Å². The van der Waals surface area contributed by atoms with E-state index in [2.05, 4.69) is 5.32 Å². The molecule has 1 heterocycles. The first kappa shape index (κ1) is 17.0. The molecule has 0 aliphatic carbocycles. The van der Waals surface area contributed by atoms with Gasteiger partial charge in [-0.05, 0) is 29.1 Å². The normalized spacial score (nSPS) is 11.6. The Morgan fingerprint density at radius 2 is 2.09 bits per heavy atom. The summed E-state index contributed by atoms with van der Waals surface area (Å²) in [5.74, 6) is 0.178. The van der Waals surface area contributed by atoms with Crippen molar-refractivity contribution in [2.75, 3.05) is 7.11 Å². The molecule has 6 heteroatoms. The summed E-state index contributed by atoms with van der Waals surface area (Å²) in [6, 6.07) is 10.8. The summed E-state index contributed by atoms with van der Waals surface area (Å²) in [6.45, 7) is 1.61. The highest BCUT2D eigenvalue weighted by Gasteiger charge is 2.19. The van der Waals surface area contributed by atoms with Crippen molar-refractivity contribution < 1.29 is 19.1 Å². The fraction of sp³-hybridized carbons (Fsp3) is 0.294. The van der Waals surface area contributed by atoms with Crippen LogP contribution in [0.3, 0.4) is 0 Å². The van der Waals surface area contributed by atoms with Crippen LogP contribution in [-0.2, 0) is 20.9 Å². The van der Waals surface area contributed by atoms with Gasteiger partial charge >= 0.3 is 5.97 Å². The molecular formula is C17H19NO4S. The highest BCUT2D eigenvalue weighted by molar-refractivity contribution is 7.10. The number of carbonyl (C=O) groups is 2. The number of ether oxygens (including phenoxy) is 2. The fourth-order valence-corrected chi connectivity index (χ4v) is 2.89. The third-order valence-corrected chi connectivity index (χ3v) is 4.15. The van der Waals surface area contributed by atoms with Gasteiger partial charge in [0.1, 0.15) is 12.4 Å². The Morgan fingerprint density at radius 1 is 1.26 bits per heavy atom. The molecule has 1 aromatic heterocycles. The Bertz CT molecular complexity index is 654. The van der Waals surface area contributed by atoms with Gasteiger partial charge in [-0.2, -0.15) is 0 Å². The number of hydrogen-bond acceptors (Lipinski definition) is 5. The lowest BCUT2D eigenvalue weighted by molar-refractivity contribution is -0.145. The molecule has 0 spiro atoms. The maximum Gasteiger partial charge on any atom is 0.308 e. The lowest BCUT2D eigenvalue weighted by Crippen LogP contribution is -2.28. The zero-order valence-electron chi connectivity index (χ0n) is 13.1. The number of thiophene rings is 1. The topological polar surface area (TPSA) is 64.6 Å². The number of nitrogens with one attached hydrogen (secondary N) is 1. The van der Waals surface area contributed by atoms with Crippen molar-refractivity contribution in [3.63, 3.8) is 0 Å². The number of rotatable bonds is 7. The summed E-state index contributed by atoms with van der Waals surface area (Å²) in [5.41, 5.74) is 0.852. The molecular weight excluding hydrogens is 314 g/mol. The maximum atomic E-state index is 12.1. The zero-order valence-corrected chi connectivity index (χ0v) is 13.9. The van der Waals surface area contributed by atoms with E-state index in [1.54, 1.807) is 7.11 Å². The summed E-state index contributed by atoms with van der Waals surface area (Å²) in [7, 11) is 1.59. The molecule has 1 aromatic carbocycles. The van der Waals surface area contributed by atoms with Gasteiger partial charge < -0.3 is 14.8 Å². The van der Waals surface area contributed by atoms with E-state index in [9.17, 15) is 9.59 Å². The molecule has 1 unspecified atom stereocenters. The lowest BCUT2D eigenvalue weighted by atomic mass is 10.1. The van der Waals surface area contributed by atoms with Crippen LogP contribution >= 0.6 is 11.3 Å². The highest BCUT2D eigenvalue weighted by atomic mass is 32.1. The first-order chi connectivity index (χ1) is 11.1. The number of carbonyl (C=O) groups excluding carboxylic acids is 2. The van der Waals surface area contributed by atoms with E-state index in [0.717, 1.165) is 10.4 Å². The minimum absolute atomic E-state index is 0.101. The van der Waals surface area contributed by atoms with Gasteiger partial charge in [-0.25, -0.2) is 0 Å². The summed E-state index contributed by atoms with van der Waals surface area (Å²) in [5, 5.41) is 4.69. The number of esters is 1. The average Bonchev–Trinajstić information content (AvgIpc) is 3.06. The predicted molar refractivity (Wildman–Crippen MR) is 88.3 cm³/mol. The Morgan fingerprint density at radius 3 is 2.74 bits per heavy atom. The zero-order chi connectivity index (χ0) is 16.7. The molecule has 23 heavy (non-hydrogen) atoms. The minimum Gasteiger partial charge on any atom is -0.497 e. The van der Waals surface area contributed by atoms with E-state index in [4.69, 9.17) is 9.47 Å². The Hall–Kier alpha value is -2.34. The van der Waals surface area contributed by atoms with Crippen molar-refractivity contribution in [1.29, 1.82) is 0 Å². The monoisotopic (exact) mass is 333 g/mol. The van der Waals surface area contributed by atoms with Gasteiger partial charge in [-0.15, -0.1) is 11.3 Å². The molecule has 0 radical (unpaired) electrons. The van der Waals surface area contributed by atoms with E-state index in [1.807, 2.05) is 41.8 Å². The van der Waals surface area contributed by atoms with Gasteiger partial charge in [0.2, 0.25) is 5.91 Å². The van der Waals surface area contributed by atoms with Crippen LogP contribution in [-0.4, -0.2) is 19.0 Å². The van der Waals surface area contributed by atoms with Crippen molar-refractivity contribution in [3.8, 4) is 5.75 Å². The van der Waals surface area contributed by atoms with Gasteiger partial charge in [0, 0.05) is 11.8 Å². The molecule has 2 aromatic rings. The number of hydrogen-bond donors (Lipinski definition) is 1. The van der Waals surface area contributed by atoms with Crippen LogP contribution in [0.5, 0.6) is 5.75 Å². The van der Waals surface area contributed by atoms with Gasteiger partial charge in [0.15, 0.2) is 0 Å². The van der Waals surface area contributed by atoms with Crippen LogP contribution in [0.4, 0.5) is 0 Å². The van der Waals surface area contributed by atoms with E-state index >= 15 is 0 Å². The van der Waals surface area contributed by atoms with Gasteiger partial charge in [-0.3, -0.25) is 9.59 Å². The molecule has 0 bridgehead atoms. The average molecular weight is 333 g/mol. The van der Waals surface area contributed by atoms with Crippen molar-refractivity contribution in [2.45, 2.75) is 26.0 Å². The number of amides is 1. The third kappa shape index (κ3) is 5.41. The molecule has 0 fully saturated rings. The molecule has 122 valence electrons. The molecule has 0 aliphatic rings. The SMILES string of the molecule is COc1cccc(COC(=O)CC(NC(C)=O)c2cccs2)c1. The van der Waals surface area contributed by atoms with Crippen LogP contribution < -0.4 is 10.1 Å². The molecule has 5 nitrogen and oxygen atoms in total. The molecule has 0 saturated heterocycles. The first-order valence-corrected chi connectivity index (χ1v) is 8.05. The summed E-state index contributed by atoms with van der Waals surface area (Å²) in [4.78, 5) is 24.3. The second kappa shape index (κ2) is 8.33. The van der Waals surface area contributed by atoms with Crippen LogP contribution in [0.1, 0.15) is 29.8 Å². The maximum absolute atomic E-state index is 12.1. The Kier molecular flexibility index (Phi) is 6.17. The highest BCUT2D eigenvalue weighted by Crippen LogP contribution is 2.23. The smallest absolute Gasteiger partial charge is 0.308 e. The van der Waals surface area contributed by atoms with Crippen LogP contribution in [0, 0.1) is 0 Å². The molecule has 1 atom stereocenters. The van der Waals surface area contributed by atoms with Crippen molar-refractivity contribution in [2.24, 2.45) is 0 Å². The summed E-state index contributed by atoms with van der Waals surface area (Å²) in [6.07, 6.45) is 0.101. The second-order valence-electron chi connectivity index (χ2n) is 4.98. The van der Waals surface area contributed by atoms with Crippen LogP contribution in [0.25, 0.3) is 0 Å². The summed E-state index contributed by atoms with van der Waals surface area (Å²) >= 11 is 1.50. The molecule has 1 N–H and O–H groups in total. The van der Waals surface area contributed by atoms with Crippen molar-refractivity contribution in [3.05, 3.63) is 52.2 Å². The van der Waals surface area contributed by atoms with E-state index in [1.165, 1.54) is 18.3 Å². The molecule has 0 aliphatic heterocycles. The van der Waals surface area contributed by atoms with Gasteiger partial charge in [-0.1, -0.05) is 18.2 Å². The predicted octanol–water partition coefficient (Wildman–Crippen LogP) is 3.07. The summed E-state index contributed by atoms with van der Waals surface area (Å²) < 4.78 is 10.4. The number of methoxy groups -OCH3 is 1. The third-order valence-electron chi connectivity index (χ3n) is 3.17. The number of benzene rings is 1. The van der Waals surface area contributed by atoms with Gasteiger partial charge in [0.05, 0.1) is 19.6 Å². The minimum atomic E-state index is -0.361. The molecule has 0 saturated carbocycles. The molecule has 1 amide bonds. The molecule has 2 rings (SSSR count). The standard InChI is InChI=1S/C17H19NO4S/c1-12(19)18-15(16-7-4-8-23-16)10-17(20)22-11-13-5-3-6-14(9-13)21-2/h3-9,15H,10-11H2,1-2H3,(H,18,19). The van der Waals surface area contributed by atoms with Gasteiger partial charge in [0.25, 0.3) is 0 Å². The van der Waals surface area contributed by atoms with Crippen molar-refractivity contribution in [1.82, 2.24) is 5.32 Å². The lowest BCUT2D eigenvalue weighted by Gasteiger charge is -2.15. The van der Waals surface area contributed by atoms with E-state index in [0.29, 0.717) is 5.75 Å². The first-order valence-electron chi connectivity index (χ1n) is 7.17.